The van der Waals surface area contributed by atoms with Crippen LogP contribution in [0.25, 0.3) is 10.4 Å². The average Bonchev–Trinajstić information content (AvgIpc) is 2.99. The number of nitrogens with one attached hydrogen (secondary N) is 3. The van der Waals surface area contributed by atoms with Crippen LogP contribution in [0.4, 0.5) is 9.93 Å². The molecular weight excluding hydrogens is 388 g/mol. The van der Waals surface area contributed by atoms with E-state index in [2.05, 4.69) is 20.9 Å². The number of benzene rings is 1. The van der Waals surface area contributed by atoms with Crippen LogP contribution in [0, 0.1) is 6.92 Å². The summed E-state index contributed by atoms with van der Waals surface area (Å²) in [5.74, 6) is -0.0111. The predicted octanol–water partition coefficient (Wildman–Crippen LogP) is 4.14. The van der Waals surface area contributed by atoms with Gasteiger partial charge in [-0.1, -0.05) is 42.5 Å². The fraction of sp³-hybridized carbons (Fsp3) is 0.429. The highest BCUT2D eigenvalue weighted by Crippen LogP contribution is 2.32. The number of urea groups is 1. The Morgan fingerprint density at radius 2 is 1.76 bits per heavy atom. The molecule has 0 aliphatic heterocycles. The number of amides is 3. The number of hydrogen-bond acceptors (Lipinski definition) is 5. The van der Waals surface area contributed by atoms with E-state index in [0.29, 0.717) is 17.1 Å². The highest BCUT2D eigenvalue weighted by molar-refractivity contribution is 7.19. The third kappa shape index (κ3) is 6.98. The lowest BCUT2D eigenvalue weighted by Gasteiger charge is -2.20. The van der Waals surface area contributed by atoms with Gasteiger partial charge in [-0.25, -0.2) is 9.78 Å². The van der Waals surface area contributed by atoms with E-state index < -0.39 is 6.03 Å². The van der Waals surface area contributed by atoms with Gasteiger partial charge >= 0.3 is 6.03 Å². The molecule has 3 amide bonds. The van der Waals surface area contributed by atoms with Gasteiger partial charge in [0.15, 0.2) is 10.9 Å². The fourth-order valence-corrected chi connectivity index (χ4v) is 3.61. The molecule has 0 spiro atoms. The summed E-state index contributed by atoms with van der Waals surface area (Å²) >= 11 is 1.36. The number of ketones is 1. The number of carbonyl (C=O) groups excluding carboxylic acids is 3. The maximum absolute atomic E-state index is 12.1. The van der Waals surface area contributed by atoms with Crippen LogP contribution in [-0.4, -0.2) is 34.8 Å². The molecule has 7 nitrogen and oxygen atoms in total. The summed E-state index contributed by atoms with van der Waals surface area (Å²) in [7, 11) is 0. The zero-order valence-corrected chi connectivity index (χ0v) is 18.3. The first kappa shape index (κ1) is 22.5. The molecule has 1 aromatic carbocycles. The van der Waals surface area contributed by atoms with Gasteiger partial charge in [0.1, 0.15) is 0 Å². The van der Waals surface area contributed by atoms with Crippen molar-refractivity contribution in [2.24, 2.45) is 0 Å². The zero-order valence-electron chi connectivity index (χ0n) is 17.5. The molecule has 0 aliphatic carbocycles. The lowest BCUT2D eigenvalue weighted by atomic mass is 10.1. The Kier molecular flexibility index (Phi) is 7.50. The van der Waals surface area contributed by atoms with Crippen molar-refractivity contribution in [3.63, 3.8) is 0 Å². The molecule has 0 atom stereocenters. The maximum atomic E-state index is 12.1. The Bertz CT molecular complexity index is 882. The topological polar surface area (TPSA) is 100 Å². The first-order valence-electron chi connectivity index (χ1n) is 9.56. The van der Waals surface area contributed by atoms with Gasteiger partial charge in [-0.05, 0) is 33.3 Å². The number of carbonyl (C=O) groups is 3. The standard InChI is InChI=1S/C21H28N4O3S/c1-6-16(26)14-7-9-15(10-8-14)18-13(2)23-20(29-18)24-19(28)22-12-11-17(27)25-21(3,4)5/h7-10H,6,11-12H2,1-5H3,(H,25,27)(H2,22,23,24,28). The first-order chi connectivity index (χ1) is 13.6. The molecule has 0 bridgehead atoms. The second-order valence-electron chi connectivity index (χ2n) is 7.72. The van der Waals surface area contributed by atoms with Crippen LogP contribution in [-0.2, 0) is 4.79 Å². The molecule has 156 valence electrons. The molecule has 3 N–H and O–H groups in total. The minimum atomic E-state index is -0.405. The Labute approximate surface area is 175 Å². The van der Waals surface area contributed by atoms with Gasteiger partial charge in [0.05, 0.1) is 10.6 Å². The SMILES string of the molecule is CCC(=O)c1ccc(-c2sc(NC(=O)NCCC(=O)NC(C)(C)C)nc2C)cc1. The molecule has 0 unspecified atom stereocenters. The second kappa shape index (κ2) is 9.65. The number of aryl methyl sites for hydroxylation is 1. The minimum Gasteiger partial charge on any atom is -0.351 e. The molecule has 1 heterocycles. The van der Waals surface area contributed by atoms with Crippen molar-refractivity contribution in [3.8, 4) is 10.4 Å². The molecule has 8 heteroatoms. The highest BCUT2D eigenvalue weighted by Gasteiger charge is 2.15. The van der Waals surface area contributed by atoms with Crippen LogP contribution in [0.2, 0.25) is 0 Å². The molecule has 29 heavy (non-hydrogen) atoms. The summed E-state index contributed by atoms with van der Waals surface area (Å²) in [6.07, 6.45) is 0.676. The van der Waals surface area contributed by atoms with Gasteiger partial charge in [-0.3, -0.25) is 14.9 Å². The van der Waals surface area contributed by atoms with E-state index in [1.54, 1.807) is 0 Å². The third-order valence-corrected chi connectivity index (χ3v) is 5.08. The Hall–Kier alpha value is -2.74. The lowest BCUT2D eigenvalue weighted by Crippen LogP contribution is -2.42. The average molecular weight is 417 g/mol. The monoisotopic (exact) mass is 416 g/mol. The third-order valence-electron chi connectivity index (χ3n) is 3.96. The van der Waals surface area contributed by atoms with Crippen LogP contribution in [0.1, 0.15) is 56.6 Å². The Morgan fingerprint density at radius 1 is 1.10 bits per heavy atom. The van der Waals surface area contributed by atoms with E-state index in [0.717, 1.165) is 16.1 Å². The smallest absolute Gasteiger partial charge is 0.321 e. The van der Waals surface area contributed by atoms with Crippen molar-refractivity contribution in [2.45, 2.75) is 53.0 Å². The van der Waals surface area contributed by atoms with Gasteiger partial charge < -0.3 is 10.6 Å². The molecule has 2 rings (SSSR count). The largest absolute Gasteiger partial charge is 0.351 e. The van der Waals surface area contributed by atoms with Crippen LogP contribution in [0.3, 0.4) is 0 Å². The second-order valence-corrected chi connectivity index (χ2v) is 8.72. The summed E-state index contributed by atoms with van der Waals surface area (Å²) in [5, 5.41) is 8.69. The van der Waals surface area contributed by atoms with Crippen molar-refractivity contribution in [1.82, 2.24) is 15.6 Å². The van der Waals surface area contributed by atoms with Crippen molar-refractivity contribution >= 4 is 34.2 Å². The lowest BCUT2D eigenvalue weighted by molar-refractivity contribution is -0.122. The summed E-state index contributed by atoms with van der Waals surface area (Å²) in [6, 6.07) is 6.99. The first-order valence-corrected chi connectivity index (χ1v) is 10.4. The van der Waals surface area contributed by atoms with Crippen LogP contribution in [0.15, 0.2) is 24.3 Å². The number of anilines is 1. The summed E-state index contributed by atoms with van der Waals surface area (Å²) < 4.78 is 0. The van der Waals surface area contributed by atoms with E-state index in [1.165, 1.54) is 11.3 Å². The maximum Gasteiger partial charge on any atom is 0.321 e. The van der Waals surface area contributed by atoms with Crippen molar-refractivity contribution < 1.29 is 14.4 Å². The zero-order chi connectivity index (χ0) is 21.6. The molecule has 2 aromatic rings. The summed E-state index contributed by atoms with van der Waals surface area (Å²) in [6.45, 7) is 9.66. The summed E-state index contributed by atoms with van der Waals surface area (Å²) in [4.78, 5) is 40.9. The molecule has 0 saturated carbocycles. The van der Waals surface area contributed by atoms with Gasteiger partial charge in [0, 0.05) is 30.5 Å². The van der Waals surface area contributed by atoms with E-state index in [-0.39, 0.29) is 30.2 Å². The van der Waals surface area contributed by atoms with Crippen LogP contribution >= 0.6 is 11.3 Å². The summed E-state index contributed by atoms with van der Waals surface area (Å²) in [5.41, 5.74) is 2.13. The quantitative estimate of drug-likeness (QED) is 0.591. The number of nitrogens with zero attached hydrogens (tertiary/aromatic N) is 1. The number of aromatic nitrogens is 1. The molecule has 0 saturated heterocycles. The van der Waals surface area contributed by atoms with Gasteiger partial charge in [-0.2, -0.15) is 0 Å². The molecule has 0 aliphatic rings. The predicted molar refractivity (Wildman–Crippen MR) is 116 cm³/mol. The van der Waals surface area contributed by atoms with Crippen molar-refractivity contribution in [3.05, 3.63) is 35.5 Å². The Balaban J connectivity index is 1.92. The van der Waals surface area contributed by atoms with E-state index in [1.807, 2.05) is 58.9 Å². The van der Waals surface area contributed by atoms with E-state index in [4.69, 9.17) is 0 Å². The van der Waals surface area contributed by atoms with Crippen LogP contribution in [0.5, 0.6) is 0 Å². The van der Waals surface area contributed by atoms with E-state index in [9.17, 15) is 14.4 Å². The number of Topliss-reactive ketones (excluding diaryl/α,β-unsaturated/α-hetero) is 1. The van der Waals surface area contributed by atoms with Gasteiger partial charge in [0.25, 0.3) is 0 Å². The number of hydrogen-bond donors (Lipinski definition) is 3. The normalized spacial score (nSPS) is 11.1. The molecular formula is C21H28N4O3S. The number of thiazole rings is 1. The van der Waals surface area contributed by atoms with Crippen LogP contribution < -0.4 is 16.0 Å². The number of rotatable bonds is 7. The van der Waals surface area contributed by atoms with Gasteiger partial charge in [-0.15, -0.1) is 0 Å². The van der Waals surface area contributed by atoms with Crippen molar-refractivity contribution in [1.29, 1.82) is 0 Å². The minimum absolute atomic E-state index is 0.104. The molecule has 1 aromatic heterocycles. The molecule has 0 fully saturated rings. The van der Waals surface area contributed by atoms with E-state index >= 15 is 0 Å². The fourth-order valence-electron chi connectivity index (χ4n) is 2.64. The van der Waals surface area contributed by atoms with Gasteiger partial charge in [0.2, 0.25) is 5.91 Å². The molecule has 0 radical (unpaired) electrons. The highest BCUT2D eigenvalue weighted by atomic mass is 32.1. The van der Waals surface area contributed by atoms with Crippen molar-refractivity contribution in [2.75, 3.05) is 11.9 Å². The Morgan fingerprint density at radius 3 is 2.34 bits per heavy atom.